The average molecular weight is 436 g/mol. The van der Waals surface area contributed by atoms with Crippen molar-refractivity contribution in [1.29, 1.82) is 0 Å². The Morgan fingerprint density at radius 2 is 1.94 bits per heavy atom. The SMILES string of the molecule is O=CN(O)CC(CC1CCCC1)C(=O)N1CCCC1c1nc2cc3ccccc3cc2o1. The van der Waals surface area contributed by atoms with Gasteiger partial charge in [0.05, 0.1) is 12.5 Å². The Labute approximate surface area is 186 Å². The number of oxazole rings is 1. The van der Waals surface area contributed by atoms with Gasteiger partial charge in [-0.15, -0.1) is 0 Å². The molecule has 0 spiro atoms. The minimum atomic E-state index is -0.416. The van der Waals surface area contributed by atoms with Crippen LogP contribution in [0.15, 0.2) is 40.8 Å². The number of carbonyl (C=O) groups is 2. The molecule has 0 radical (unpaired) electrons. The van der Waals surface area contributed by atoms with Crippen molar-refractivity contribution in [2.24, 2.45) is 11.8 Å². The normalized spacial score (nSPS) is 20.3. The van der Waals surface area contributed by atoms with Gasteiger partial charge in [0.1, 0.15) is 11.6 Å². The molecule has 1 aliphatic heterocycles. The Morgan fingerprint density at radius 1 is 1.19 bits per heavy atom. The fourth-order valence-corrected chi connectivity index (χ4v) is 5.47. The highest BCUT2D eigenvalue weighted by Crippen LogP contribution is 2.37. The second-order valence-electron chi connectivity index (χ2n) is 9.22. The van der Waals surface area contributed by atoms with E-state index in [9.17, 15) is 14.8 Å². The van der Waals surface area contributed by atoms with Gasteiger partial charge >= 0.3 is 0 Å². The molecule has 2 unspecified atom stereocenters. The van der Waals surface area contributed by atoms with Crippen molar-refractivity contribution in [1.82, 2.24) is 14.9 Å². The van der Waals surface area contributed by atoms with Crippen LogP contribution >= 0.6 is 0 Å². The Balaban J connectivity index is 1.41. The van der Waals surface area contributed by atoms with Gasteiger partial charge in [0.15, 0.2) is 5.58 Å². The molecule has 1 aromatic heterocycles. The second-order valence-corrected chi connectivity index (χ2v) is 9.22. The van der Waals surface area contributed by atoms with Crippen molar-refractivity contribution in [3.63, 3.8) is 0 Å². The highest BCUT2D eigenvalue weighted by molar-refractivity contribution is 5.94. The molecule has 2 aliphatic rings. The lowest BCUT2D eigenvalue weighted by Gasteiger charge is -2.29. The van der Waals surface area contributed by atoms with E-state index in [4.69, 9.17) is 9.40 Å². The first-order valence-corrected chi connectivity index (χ1v) is 11.6. The molecular weight excluding hydrogens is 406 g/mol. The van der Waals surface area contributed by atoms with Crippen LogP contribution in [-0.4, -0.2) is 45.6 Å². The zero-order valence-electron chi connectivity index (χ0n) is 18.2. The van der Waals surface area contributed by atoms with E-state index in [1.807, 2.05) is 35.2 Å². The summed E-state index contributed by atoms with van der Waals surface area (Å²) in [7, 11) is 0. The number of amides is 2. The Morgan fingerprint density at radius 3 is 2.69 bits per heavy atom. The van der Waals surface area contributed by atoms with Gasteiger partial charge in [-0.25, -0.2) is 10.0 Å². The predicted octanol–water partition coefficient (Wildman–Crippen LogP) is 4.69. The summed E-state index contributed by atoms with van der Waals surface area (Å²) in [5, 5.41) is 12.6. The molecule has 1 saturated carbocycles. The molecule has 7 nitrogen and oxygen atoms in total. The molecule has 7 heteroatoms. The van der Waals surface area contributed by atoms with E-state index in [-0.39, 0.29) is 18.5 Å². The standard InChI is InChI=1S/C25H29N3O4/c29-16-27(31)15-20(12-17-6-1-2-7-17)25(30)28-11-5-10-22(28)24-26-21-13-18-8-3-4-9-19(18)14-23(21)32-24/h3-4,8-9,13-14,16-17,20,22,31H,1-2,5-7,10-12,15H2. The lowest BCUT2D eigenvalue weighted by Crippen LogP contribution is -2.41. The highest BCUT2D eigenvalue weighted by atomic mass is 16.5. The Bertz CT molecular complexity index is 1070. The van der Waals surface area contributed by atoms with Gasteiger partial charge in [-0.3, -0.25) is 14.8 Å². The first-order chi connectivity index (χ1) is 15.6. The monoisotopic (exact) mass is 435 g/mol. The molecule has 2 aromatic carbocycles. The van der Waals surface area contributed by atoms with Gasteiger partial charge in [0, 0.05) is 6.54 Å². The molecule has 1 aliphatic carbocycles. The molecule has 32 heavy (non-hydrogen) atoms. The van der Waals surface area contributed by atoms with Crippen molar-refractivity contribution in [2.45, 2.75) is 51.0 Å². The Kier molecular flexibility index (Phi) is 5.83. The number of rotatable bonds is 7. The fraction of sp³-hybridized carbons (Fsp3) is 0.480. The minimum Gasteiger partial charge on any atom is -0.438 e. The van der Waals surface area contributed by atoms with Crippen LogP contribution in [0.25, 0.3) is 21.9 Å². The van der Waals surface area contributed by atoms with Crippen LogP contribution in [0.4, 0.5) is 0 Å². The molecule has 0 bridgehead atoms. The van der Waals surface area contributed by atoms with Gasteiger partial charge in [-0.1, -0.05) is 49.9 Å². The largest absolute Gasteiger partial charge is 0.438 e. The van der Waals surface area contributed by atoms with E-state index in [0.717, 1.165) is 47.6 Å². The number of nitrogens with zero attached hydrogens (tertiary/aromatic N) is 3. The topological polar surface area (TPSA) is 86.9 Å². The lowest BCUT2D eigenvalue weighted by atomic mass is 9.91. The summed E-state index contributed by atoms with van der Waals surface area (Å²) in [5.74, 6) is 0.604. The lowest BCUT2D eigenvalue weighted by molar-refractivity contribution is -0.157. The summed E-state index contributed by atoms with van der Waals surface area (Å²) < 4.78 is 6.13. The highest BCUT2D eigenvalue weighted by Gasteiger charge is 2.38. The third-order valence-corrected chi connectivity index (χ3v) is 7.06. The molecular formula is C25H29N3O4. The minimum absolute atomic E-state index is 0.0206. The summed E-state index contributed by atoms with van der Waals surface area (Å²) in [6, 6.07) is 11.9. The first kappa shape index (κ1) is 20.9. The molecule has 1 N–H and O–H groups in total. The van der Waals surface area contributed by atoms with Crippen LogP contribution < -0.4 is 0 Å². The van der Waals surface area contributed by atoms with Crippen molar-refractivity contribution < 1.29 is 19.2 Å². The van der Waals surface area contributed by atoms with Crippen molar-refractivity contribution in [2.75, 3.05) is 13.1 Å². The van der Waals surface area contributed by atoms with Gasteiger partial charge in [-0.05, 0) is 48.1 Å². The summed E-state index contributed by atoms with van der Waals surface area (Å²) in [6.45, 7) is 0.666. The second kappa shape index (κ2) is 8.90. The maximum absolute atomic E-state index is 13.6. The van der Waals surface area contributed by atoms with E-state index >= 15 is 0 Å². The van der Waals surface area contributed by atoms with Gasteiger partial charge in [0.25, 0.3) is 0 Å². The van der Waals surface area contributed by atoms with Crippen molar-refractivity contribution >= 4 is 34.2 Å². The number of likely N-dealkylation sites (tertiary alicyclic amines) is 1. The van der Waals surface area contributed by atoms with Crippen LogP contribution in [-0.2, 0) is 9.59 Å². The molecule has 5 rings (SSSR count). The van der Waals surface area contributed by atoms with E-state index in [1.54, 1.807) is 0 Å². The van der Waals surface area contributed by atoms with Gasteiger partial charge in [0.2, 0.25) is 18.2 Å². The molecule has 3 aromatic rings. The maximum Gasteiger partial charge on any atom is 0.233 e. The van der Waals surface area contributed by atoms with Gasteiger partial charge < -0.3 is 9.32 Å². The van der Waals surface area contributed by atoms with Crippen molar-refractivity contribution in [3.05, 3.63) is 42.3 Å². The van der Waals surface area contributed by atoms with Crippen LogP contribution in [0.5, 0.6) is 0 Å². The zero-order chi connectivity index (χ0) is 22.1. The number of hydroxylamine groups is 2. The van der Waals surface area contributed by atoms with E-state index in [2.05, 4.69) is 6.07 Å². The summed E-state index contributed by atoms with van der Waals surface area (Å²) in [5.41, 5.74) is 1.52. The molecule has 1 saturated heterocycles. The van der Waals surface area contributed by atoms with Crippen LogP contribution in [0.2, 0.25) is 0 Å². The van der Waals surface area contributed by atoms with Gasteiger partial charge in [-0.2, -0.15) is 0 Å². The van der Waals surface area contributed by atoms with Crippen LogP contribution in [0.1, 0.15) is 56.9 Å². The summed E-state index contributed by atoms with van der Waals surface area (Å²) in [4.78, 5) is 31.2. The number of hydrogen-bond donors (Lipinski definition) is 1. The number of aromatic nitrogens is 1. The van der Waals surface area contributed by atoms with E-state index in [0.29, 0.717) is 36.2 Å². The van der Waals surface area contributed by atoms with Crippen LogP contribution in [0.3, 0.4) is 0 Å². The molecule has 2 atom stereocenters. The Hall–Kier alpha value is -2.93. The quantitative estimate of drug-likeness (QED) is 0.331. The predicted molar refractivity (Wildman–Crippen MR) is 120 cm³/mol. The smallest absolute Gasteiger partial charge is 0.233 e. The average Bonchev–Trinajstić information content (AvgIpc) is 3.56. The number of hydrogen-bond acceptors (Lipinski definition) is 5. The third kappa shape index (κ3) is 4.09. The molecule has 2 heterocycles. The van der Waals surface area contributed by atoms with Crippen molar-refractivity contribution in [3.8, 4) is 0 Å². The maximum atomic E-state index is 13.6. The first-order valence-electron chi connectivity index (χ1n) is 11.6. The van der Waals surface area contributed by atoms with E-state index < -0.39 is 5.92 Å². The molecule has 168 valence electrons. The summed E-state index contributed by atoms with van der Waals surface area (Å²) in [6.07, 6.45) is 7.34. The number of benzene rings is 2. The fourth-order valence-electron chi connectivity index (χ4n) is 5.47. The zero-order valence-corrected chi connectivity index (χ0v) is 18.2. The third-order valence-electron chi connectivity index (χ3n) is 7.06. The van der Waals surface area contributed by atoms with E-state index in [1.165, 1.54) is 12.8 Å². The number of carbonyl (C=O) groups excluding carboxylic acids is 2. The van der Waals surface area contributed by atoms with Crippen LogP contribution in [0, 0.1) is 11.8 Å². The molecule has 2 fully saturated rings. The summed E-state index contributed by atoms with van der Waals surface area (Å²) >= 11 is 0. The number of fused-ring (bicyclic) bond motifs is 2. The molecule has 2 amide bonds.